The topological polar surface area (TPSA) is 108 Å². The highest BCUT2D eigenvalue weighted by Crippen LogP contribution is 2.27. The van der Waals surface area contributed by atoms with E-state index in [1.807, 2.05) is 38.1 Å². The van der Waals surface area contributed by atoms with E-state index in [0.717, 1.165) is 29.7 Å². The first kappa shape index (κ1) is 25.7. The van der Waals surface area contributed by atoms with Crippen molar-refractivity contribution < 1.29 is 14.3 Å². The second-order valence-corrected chi connectivity index (χ2v) is 11.1. The third kappa shape index (κ3) is 7.03. The number of aromatic nitrogens is 2. The van der Waals surface area contributed by atoms with Gasteiger partial charge in [0, 0.05) is 40.4 Å². The van der Waals surface area contributed by atoms with Crippen LogP contribution < -0.4 is 16.0 Å². The Hall–Kier alpha value is -2.94. The van der Waals surface area contributed by atoms with Gasteiger partial charge >= 0.3 is 0 Å². The van der Waals surface area contributed by atoms with Gasteiger partial charge in [0.15, 0.2) is 6.23 Å². The van der Waals surface area contributed by atoms with E-state index in [1.165, 1.54) is 0 Å². The number of carbonyl (C=O) groups is 2. The summed E-state index contributed by atoms with van der Waals surface area (Å²) in [5, 5.41) is 16.1. The summed E-state index contributed by atoms with van der Waals surface area (Å²) in [6, 6.07) is 9.54. The Labute approximate surface area is 205 Å². The minimum atomic E-state index is -0.468. The Morgan fingerprint density at radius 3 is 2.65 bits per heavy atom. The van der Waals surface area contributed by atoms with E-state index in [4.69, 9.17) is 4.74 Å². The van der Waals surface area contributed by atoms with E-state index in [1.54, 1.807) is 24.0 Å². The molecule has 184 valence electrons. The molecule has 3 rings (SSSR count). The molecule has 1 aromatic carbocycles. The predicted molar refractivity (Wildman–Crippen MR) is 136 cm³/mol. The summed E-state index contributed by atoms with van der Waals surface area (Å²) in [6.07, 6.45) is 2.87. The van der Waals surface area contributed by atoms with Crippen molar-refractivity contribution in [3.63, 3.8) is 0 Å². The van der Waals surface area contributed by atoms with Crippen molar-refractivity contribution in [1.82, 2.24) is 26.1 Å². The first-order valence-electron chi connectivity index (χ1n) is 11.7. The monoisotopic (exact) mass is 485 g/mol. The maximum atomic E-state index is 12.5. The van der Waals surface area contributed by atoms with E-state index in [2.05, 4.69) is 46.9 Å². The third-order valence-corrected chi connectivity index (χ3v) is 6.66. The van der Waals surface area contributed by atoms with Crippen LogP contribution in [0.3, 0.4) is 0 Å². The molecule has 0 aliphatic carbocycles. The SMILES string of the molecule is CCC(CC)NC(=O)C1=CNC(c2cccc(-c3cc(C(=O)NCCSC(C)(C)C)[nH]n3)c2)O1. The van der Waals surface area contributed by atoms with Gasteiger partial charge in [-0.1, -0.05) is 52.8 Å². The number of thioether (sulfide) groups is 1. The molecule has 34 heavy (non-hydrogen) atoms. The second kappa shape index (κ2) is 11.5. The molecule has 8 nitrogen and oxygen atoms in total. The number of amides is 2. The van der Waals surface area contributed by atoms with Gasteiger partial charge in [0.05, 0.1) is 5.69 Å². The Morgan fingerprint density at radius 2 is 1.94 bits per heavy atom. The van der Waals surface area contributed by atoms with Crippen molar-refractivity contribution in [2.45, 2.75) is 64.5 Å². The van der Waals surface area contributed by atoms with E-state index in [0.29, 0.717) is 17.9 Å². The molecule has 1 aliphatic heterocycles. The maximum absolute atomic E-state index is 12.5. The normalized spacial score (nSPS) is 15.5. The summed E-state index contributed by atoms with van der Waals surface area (Å²) < 4.78 is 6.02. The van der Waals surface area contributed by atoms with Gasteiger partial charge in [-0.3, -0.25) is 14.7 Å². The zero-order valence-electron chi connectivity index (χ0n) is 20.5. The lowest BCUT2D eigenvalue weighted by Crippen LogP contribution is -2.35. The molecule has 4 N–H and O–H groups in total. The van der Waals surface area contributed by atoms with Crippen LogP contribution >= 0.6 is 11.8 Å². The number of hydrogen-bond acceptors (Lipinski definition) is 6. The molecule has 0 bridgehead atoms. The highest BCUT2D eigenvalue weighted by Gasteiger charge is 2.25. The molecule has 0 saturated carbocycles. The summed E-state index contributed by atoms with van der Waals surface area (Å²) in [6.45, 7) is 11.1. The number of H-pyrrole nitrogens is 1. The second-order valence-electron chi connectivity index (χ2n) is 9.17. The zero-order valence-corrected chi connectivity index (χ0v) is 21.3. The Kier molecular flexibility index (Phi) is 8.66. The quantitative estimate of drug-likeness (QED) is 0.377. The van der Waals surface area contributed by atoms with Gasteiger partial charge in [-0.25, -0.2) is 0 Å². The molecular formula is C25H35N5O3S. The maximum Gasteiger partial charge on any atom is 0.288 e. The van der Waals surface area contributed by atoms with Crippen molar-refractivity contribution >= 4 is 23.6 Å². The van der Waals surface area contributed by atoms with Crippen LogP contribution in [0.15, 0.2) is 42.3 Å². The van der Waals surface area contributed by atoms with Crippen LogP contribution in [-0.2, 0) is 9.53 Å². The van der Waals surface area contributed by atoms with Gasteiger partial charge in [0.1, 0.15) is 5.69 Å². The number of nitrogens with one attached hydrogen (secondary N) is 4. The number of benzene rings is 1. The minimum Gasteiger partial charge on any atom is -0.459 e. The van der Waals surface area contributed by atoms with Gasteiger partial charge in [0.25, 0.3) is 11.8 Å². The van der Waals surface area contributed by atoms with Crippen molar-refractivity contribution in [3.8, 4) is 11.3 Å². The molecule has 0 fully saturated rings. The first-order chi connectivity index (χ1) is 16.2. The van der Waals surface area contributed by atoms with Gasteiger partial charge in [-0.05, 0) is 25.0 Å². The molecule has 2 aromatic rings. The molecule has 1 atom stereocenters. The smallest absolute Gasteiger partial charge is 0.288 e. The van der Waals surface area contributed by atoms with Crippen LogP contribution in [0.5, 0.6) is 0 Å². The standard InChI is InChI=1S/C25H35N5O3S/c1-6-18(7-2)28-23(32)21-15-27-24(33-21)17-10-8-9-16(13-17)19-14-20(30-29-19)22(31)26-11-12-34-25(3,4)5/h8-10,13-15,18,24,27H,6-7,11-12H2,1-5H3,(H,26,31)(H,28,32)(H,29,30). The Balaban J connectivity index is 1.59. The number of carbonyl (C=O) groups excluding carboxylic acids is 2. The molecule has 2 amide bonds. The van der Waals surface area contributed by atoms with Crippen LogP contribution in [-0.4, -0.2) is 45.1 Å². The third-order valence-electron chi connectivity index (χ3n) is 5.39. The van der Waals surface area contributed by atoms with Gasteiger partial charge in [-0.15, -0.1) is 0 Å². The number of aromatic amines is 1. The highest BCUT2D eigenvalue weighted by molar-refractivity contribution is 8.00. The van der Waals surface area contributed by atoms with Crippen LogP contribution in [0.2, 0.25) is 0 Å². The molecule has 0 radical (unpaired) electrons. The van der Waals surface area contributed by atoms with E-state index in [-0.39, 0.29) is 28.4 Å². The zero-order chi connectivity index (χ0) is 24.7. The average molecular weight is 486 g/mol. The molecule has 9 heteroatoms. The number of hydrogen-bond donors (Lipinski definition) is 4. The summed E-state index contributed by atoms with van der Waals surface area (Å²) >= 11 is 1.81. The first-order valence-corrected chi connectivity index (χ1v) is 12.7. The molecular weight excluding hydrogens is 450 g/mol. The van der Waals surface area contributed by atoms with Crippen molar-refractivity contribution in [1.29, 1.82) is 0 Å². The van der Waals surface area contributed by atoms with Gasteiger partial charge < -0.3 is 20.7 Å². The van der Waals surface area contributed by atoms with E-state index >= 15 is 0 Å². The highest BCUT2D eigenvalue weighted by atomic mass is 32.2. The van der Waals surface area contributed by atoms with Crippen LogP contribution in [0.4, 0.5) is 0 Å². The number of rotatable bonds is 10. The predicted octanol–water partition coefficient (Wildman–Crippen LogP) is 4.10. The number of nitrogens with zero attached hydrogens (tertiary/aromatic N) is 1. The Morgan fingerprint density at radius 1 is 1.18 bits per heavy atom. The lowest BCUT2D eigenvalue weighted by molar-refractivity contribution is -0.122. The lowest BCUT2D eigenvalue weighted by atomic mass is 10.1. The fourth-order valence-electron chi connectivity index (χ4n) is 3.44. The summed E-state index contributed by atoms with van der Waals surface area (Å²) in [7, 11) is 0. The molecule has 1 unspecified atom stereocenters. The Bertz CT molecular complexity index is 1020. The van der Waals surface area contributed by atoms with Crippen molar-refractivity contribution in [3.05, 3.63) is 53.5 Å². The van der Waals surface area contributed by atoms with Crippen molar-refractivity contribution in [2.24, 2.45) is 0 Å². The largest absolute Gasteiger partial charge is 0.459 e. The molecule has 1 aliphatic rings. The summed E-state index contributed by atoms with van der Waals surface area (Å²) in [5.74, 6) is 0.718. The average Bonchev–Trinajstić information content (AvgIpc) is 3.50. The van der Waals surface area contributed by atoms with Gasteiger partial charge in [-0.2, -0.15) is 16.9 Å². The van der Waals surface area contributed by atoms with Crippen LogP contribution in [0.25, 0.3) is 11.3 Å². The molecule has 0 saturated heterocycles. The van der Waals surface area contributed by atoms with Crippen LogP contribution in [0, 0.1) is 0 Å². The fourth-order valence-corrected chi connectivity index (χ4v) is 4.26. The van der Waals surface area contributed by atoms with Crippen molar-refractivity contribution in [2.75, 3.05) is 12.3 Å². The molecule has 2 heterocycles. The summed E-state index contributed by atoms with van der Waals surface area (Å²) in [4.78, 5) is 24.9. The fraction of sp³-hybridized carbons (Fsp3) is 0.480. The molecule has 0 spiro atoms. The summed E-state index contributed by atoms with van der Waals surface area (Å²) in [5.41, 5.74) is 2.77. The van der Waals surface area contributed by atoms with E-state index < -0.39 is 6.23 Å². The lowest BCUT2D eigenvalue weighted by Gasteiger charge is -2.17. The minimum absolute atomic E-state index is 0.127. The van der Waals surface area contributed by atoms with E-state index in [9.17, 15) is 9.59 Å². The van der Waals surface area contributed by atoms with Gasteiger partial charge in [0.2, 0.25) is 5.76 Å². The molecule has 1 aromatic heterocycles. The van der Waals surface area contributed by atoms with Crippen LogP contribution in [0.1, 0.15) is 69.7 Å². The number of ether oxygens (including phenoxy) is 1.